The second-order valence-electron chi connectivity index (χ2n) is 6.09. The number of thiazole rings is 1. The van der Waals surface area contributed by atoms with E-state index in [0.717, 1.165) is 37.4 Å². The molecule has 3 rings (SSSR count). The maximum atomic E-state index is 12.8. The number of aromatic nitrogens is 1. The molecule has 0 unspecified atom stereocenters. The molecule has 0 atom stereocenters. The molecule has 1 aromatic heterocycles. The monoisotopic (exact) mass is 396 g/mol. The summed E-state index contributed by atoms with van der Waals surface area (Å²) in [6.07, 6.45) is 3.64. The summed E-state index contributed by atoms with van der Waals surface area (Å²) in [7, 11) is -3.73. The van der Waals surface area contributed by atoms with E-state index >= 15 is 0 Å². The number of nitrogens with one attached hydrogen (secondary N) is 1. The van der Waals surface area contributed by atoms with Gasteiger partial charge in [0.25, 0.3) is 5.69 Å². The molecule has 1 saturated heterocycles. The number of nitro benzene ring substituents is 1. The van der Waals surface area contributed by atoms with Gasteiger partial charge in [-0.3, -0.25) is 10.1 Å². The maximum Gasteiger partial charge on any atom is 0.293 e. The van der Waals surface area contributed by atoms with Crippen molar-refractivity contribution in [3.05, 3.63) is 44.9 Å². The fraction of sp³-hybridized carbons (Fsp3) is 0.438. The Morgan fingerprint density at radius 2 is 1.96 bits per heavy atom. The Balaban J connectivity index is 1.86. The Labute approximate surface area is 156 Å². The molecule has 1 fully saturated rings. The number of sulfonamides is 1. The van der Waals surface area contributed by atoms with Gasteiger partial charge in [-0.2, -0.15) is 4.31 Å². The molecule has 26 heavy (non-hydrogen) atoms. The van der Waals surface area contributed by atoms with E-state index in [0.29, 0.717) is 19.6 Å². The van der Waals surface area contributed by atoms with Crippen LogP contribution in [0.25, 0.3) is 0 Å². The lowest BCUT2D eigenvalue weighted by Crippen LogP contribution is -2.32. The molecule has 0 saturated carbocycles. The summed E-state index contributed by atoms with van der Waals surface area (Å²) < 4.78 is 27.1. The smallest absolute Gasteiger partial charge is 0.293 e. The SMILES string of the molecule is O=[N+]([O-])c1cc(S(=O)(=O)N2CCCCCC2)ccc1NCc1cscn1. The lowest BCUT2D eigenvalue weighted by atomic mass is 10.2. The van der Waals surface area contributed by atoms with Gasteiger partial charge >= 0.3 is 0 Å². The van der Waals surface area contributed by atoms with Crippen molar-refractivity contribution in [1.29, 1.82) is 0 Å². The van der Waals surface area contributed by atoms with Crippen molar-refractivity contribution in [2.45, 2.75) is 37.1 Å². The van der Waals surface area contributed by atoms with Crippen molar-refractivity contribution < 1.29 is 13.3 Å². The predicted molar refractivity (Wildman–Crippen MR) is 99.8 cm³/mol. The molecule has 8 nitrogen and oxygen atoms in total. The van der Waals surface area contributed by atoms with Gasteiger partial charge in [0, 0.05) is 24.5 Å². The van der Waals surface area contributed by atoms with Crippen LogP contribution in [0.1, 0.15) is 31.4 Å². The molecule has 0 spiro atoms. The fourth-order valence-corrected chi connectivity index (χ4v) is 5.01. The number of anilines is 1. The second-order valence-corrected chi connectivity index (χ2v) is 8.74. The van der Waals surface area contributed by atoms with Crippen LogP contribution in [0.3, 0.4) is 0 Å². The van der Waals surface area contributed by atoms with Gasteiger partial charge in [-0.1, -0.05) is 12.8 Å². The molecule has 1 N–H and O–H groups in total. The third-order valence-corrected chi connectivity index (χ3v) is 6.84. The molecule has 10 heteroatoms. The molecular formula is C16H20N4O4S2. The maximum absolute atomic E-state index is 12.8. The van der Waals surface area contributed by atoms with Gasteiger partial charge in [0.05, 0.1) is 27.6 Å². The van der Waals surface area contributed by atoms with E-state index in [-0.39, 0.29) is 16.3 Å². The van der Waals surface area contributed by atoms with Crippen LogP contribution in [-0.2, 0) is 16.6 Å². The third-order valence-electron chi connectivity index (χ3n) is 4.31. The van der Waals surface area contributed by atoms with E-state index in [1.54, 1.807) is 5.51 Å². The zero-order valence-corrected chi connectivity index (χ0v) is 15.8. The highest BCUT2D eigenvalue weighted by Gasteiger charge is 2.28. The zero-order valence-electron chi connectivity index (χ0n) is 14.1. The molecule has 1 aliphatic heterocycles. The minimum absolute atomic E-state index is 0.0368. The Kier molecular flexibility index (Phi) is 5.84. The van der Waals surface area contributed by atoms with E-state index in [1.165, 1.54) is 27.8 Å². The minimum atomic E-state index is -3.73. The molecular weight excluding hydrogens is 376 g/mol. The molecule has 0 amide bonds. The van der Waals surface area contributed by atoms with Gasteiger partial charge in [0.2, 0.25) is 10.0 Å². The van der Waals surface area contributed by atoms with Crippen LogP contribution < -0.4 is 5.32 Å². The van der Waals surface area contributed by atoms with Crippen molar-refractivity contribution in [3.8, 4) is 0 Å². The molecule has 0 bridgehead atoms. The Hall–Kier alpha value is -2.04. The topological polar surface area (TPSA) is 105 Å². The summed E-state index contributed by atoms with van der Waals surface area (Å²) in [4.78, 5) is 15.0. The van der Waals surface area contributed by atoms with Gasteiger partial charge in [0.1, 0.15) is 5.69 Å². The quantitative estimate of drug-likeness (QED) is 0.594. The van der Waals surface area contributed by atoms with Crippen LogP contribution in [0, 0.1) is 10.1 Å². The first-order valence-corrected chi connectivity index (χ1v) is 10.8. The third kappa shape index (κ3) is 4.19. The highest BCUT2D eigenvalue weighted by atomic mass is 32.2. The van der Waals surface area contributed by atoms with Gasteiger partial charge in [0.15, 0.2) is 0 Å². The van der Waals surface area contributed by atoms with E-state index in [1.807, 2.05) is 5.38 Å². The van der Waals surface area contributed by atoms with Gasteiger partial charge in [-0.05, 0) is 25.0 Å². The summed E-state index contributed by atoms with van der Waals surface area (Å²) in [6, 6.07) is 4.02. The molecule has 2 heterocycles. The standard InChI is InChI=1S/C16H20N4O4S2/c21-20(22)16-9-14(26(23,24)19-7-3-1-2-4-8-19)5-6-15(16)17-10-13-11-25-12-18-13/h5-6,9,11-12,17H,1-4,7-8,10H2. The lowest BCUT2D eigenvalue weighted by Gasteiger charge is -2.20. The summed E-state index contributed by atoms with van der Waals surface area (Å²) in [5.41, 5.74) is 2.47. The number of rotatable bonds is 6. The molecule has 0 radical (unpaired) electrons. The fourth-order valence-electron chi connectivity index (χ4n) is 2.91. The molecule has 2 aromatic rings. The Morgan fingerprint density at radius 1 is 1.23 bits per heavy atom. The first-order valence-electron chi connectivity index (χ1n) is 8.38. The van der Waals surface area contributed by atoms with E-state index in [9.17, 15) is 18.5 Å². The number of nitrogens with zero attached hydrogens (tertiary/aromatic N) is 3. The highest BCUT2D eigenvalue weighted by molar-refractivity contribution is 7.89. The van der Waals surface area contributed by atoms with Gasteiger partial charge in [-0.25, -0.2) is 13.4 Å². The van der Waals surface area contributed by atoms with E-state index in [2.05, 4.69) is 10.3 Å². The minimum Gasteiger partial charge on any atom is -0.374 e. The Bertz CT molecular complexity index is 860. The number of hydrogen-bond acceptors (Lipinski definition) is 7. The Morgan fingerprint density at radius 3 is 2.58 bits per heavy atom. The van der Waals surface area contributed by atoms with Crippen molar-refractivity contribution in [3.63, 3.8) is 0 Å². The van der Waals surface area contributed by atoms with Crippen LogP contribution in [-0.4, -0.2) is 35.7 Å². The van der Waals surface area contributed by atoms with Crippen molar-refractivity contribution in [1.82, 2.24) is 9.29 Å². The lowest BCUT2D eigenvalue weighted by molar-refractivity contribution is -0.384. The summed E-state index contributed by atoms with van der Waals surface area (Å²) >= 11 is 1.44. The summed E-state index contributed by atoms with van der Waals surface area (Å²) in [6.45, 7) is 1.25. The van der Waals surface area contributed by atoms with Crippen LogP contribution in [0.4, 0.5) is 11.4 Å². The van der Waals surface area contributed by atoms with Gasteiger partial charge < -0.3 is 5.32 Å². The van der Waals surface area contributed by atoms with Crippen LogP contribution >= 0.6 is 11.3 Å². The number of hydrogen-bond donors (Lipinski definition) is 1. The average molecular weight is 396 g/mol. The van der Waals surface area contributed by atoms with Crippen LogP contribution in [0.2, 0.25) is 0 Å². The largest absolute Gasteiger partial charge is 0.374 e. The zero-order chi connectivity index (χ0) is 18.6. The molecule has 1 aliphatic rings. The molecule has 0 aliphatic carbocycles. The van der Waals surface area contributed by atoms with Crippen LogP contribution in [0.5, 0.6) is 0 Å². The van der Waals surface area contributed by atoms with Gasteiger partial charge in [-0.15, -0.1) is 11.3 Å². The van der Waals surface area contributed by atoms with E-state index < -0.39 is 14.9 Å². The predicted octanol–water partition coefficient (Wildman–Crippen LogP) is 3.23. The summed E-state index contributed by atoms with van der Waals surface area (Å²) in [5, 5.41) is 16.2. The number of benzene rings is 1. The van der Waals surface area contributed by atoms with Crippen molar-refractivity contribution in [2.24, 2.45) is 0 Å². The normalized spacial score (nSPS) is 16.2. The average Bonchev–Trinajstić information content (AvgIpc) is 2.99. The first kappa shape index (κ1) is 18.7. The first-order chi connectivity index (χ1) is 12.5. The second kappa shape index (κ2) is 8.11. The molecule has 140 valence electrons. The number of nitro groups is 1. The highest BCUT2D eigenvalue weighted by Crippen LogP contribution is 2.30. The van der Waals surface area contributed by atoms with Crippen molar-refractivity contribution >= 4 is 32.7 Å². The molecule has 1 aromatic carbocycles. The summed E-state index contributed by atoms with van der Waals surface area (Å²) in [5.74, 6) is 0. The van der Waals surface area contributed by atoms with E-state index in [4.69, 9.17) is 0 Å². The van der Waals surface area contributed by atoms with Crippen LogP contribution in [0.15, 0.2) is 34.0 Å². The van der Waals surface area contributed by atoms with Crippen molar-refractivity contribution in [2.75, 3.05) is 18.4 Å².